The summed E-state index contributed by atoms with van der Waals surface area (Å²) < 4.78 is 11.9. The zero-order valence-electron chi connectivity index (χ0n) is 14.6. The van der Waals surface area contributed by atoms with Crippen molar-refractivity contribution in [1.82, 2.24) is 0 Å². The summed E-state index contributed by atoms with van der Waals surface area (Å²) in [6, 6.07) is 14.5. The molecule has 0 saturated heterocycles. The second-order valence-electron chi connectivity index (χ2n) is 6.87. The van der Waals surface area contributed by atoms with Gasteiger partial charge >= 0.3 is 5.97 Å². The normalized spacial score (nSPS) is 15.4. The van der Waals surface area contributed by atoms with Crippen LogP contribution in [0.15, 0.2) is 54.6 Å². The van der Waals surface area contributed by atoms with Crippen LogP contribution in [-0.2, 0) is 21.9 Å². The number of hydrogen-bond acceptors (Lipinski definition) is 5. The number of aromatic hydroxyl groups is 2. The summed E-state index contributed by atoms with van der Waals surface area (Å²) in [5, 5.41) is 30.8. The first kappa shape index (κ1) is 16.6. The van der Waals surface area contributed by atoms with Crippen LogP contribution in [0.2, 0.25) is 0 Å². The lowest BCUT2D eigenvalue weighted by Crippen LogP contribution is -2.32. The van der Waals surface area contributed by atoms with E-state index in [1.165, 1.54) is 24.3 Å². The van der Waals surface area contributed by atoms with Crippen LogP contribution in [0.4, 0.5) is 0 Å². The molecule has 0 unspecified atom stereocenters. The number of carbonyl (C=O) groups excluding carboxylic acids is 1. The number of esters is 1. The third-order valence-corrected chi connectivity index (χ3v) is 5.23. The van der Waals surface area contributed by atoms with Crippen LogP contribution in [0.3, 0.4) is 0 Å². The largest absolute Gasteiger partial charge is 0.508 e. The minimum Gasteiger partial charge on any atom is -0.508 e. The Balaban J connectivity index is 1.83. The molecule has 3 aromatic rings. The van der Waals surface area contributed by atoms with Gasteiger partial charge in [0.05, 0.1) is 12.2 Å². The van der Waals surface area contributed by atoms with Gasteiger partial charge in [0, 0.05) is 28.8 Å². The average molecular weight is 375 g/mol. The molecular weight excluding hydrogens is 360 g/mol. The maximum atomic E-state index is 12.8. The molecule has 6 heteroatoms. The maximum absolute atomic E-state index is 12.8. The summed E-state index contributed by atoms with van der Waals surface area (Å²) in [5.41, 5.74) is 1.69. The SMILES string of the molecule is [O]CCc1ccc2c(c1)C(=O)OC21c2ccc(O)cc2Oc2cc(O)ccc21. The van der Waals surface area contributed by atoms with Crippen molar-refractivity contribution in [1.29, 1.82) is 0 Å². The number of carbonyl (C=O) groups is 1. The van der Waals surface area contributed by atoms with Crippen molar-refractivity contribution in [2.45, 2.75) is 12.0 Å². The van der Waals surface area contributed by atoms with Gasteiger partial charge in [0.2, 0.25) is 0 Å². The first-order valence-corrected chi connectivity index (χ1v) is 8.82. The Morgan fingerprint density at radius 1 is 0.821 bits per heavy atom. The van der Waals surface area contributed by atoms with Crippen molar-refractivity contribution in [3.63, 3.8) is 0 Å². The molecule has 2 heterocycles. The van der Waals surface area contributed by atoms with E-state index < -0.39 is 11.6 Å². The Labute approximate surface area is 160 Å². The number of rotatable bonds is 2. The van der Waals surface area contributed by atoms with Crippen molar-refractivity contribution in [2.24, 2.45) is 0 Å². The third kappa shape index (κ3) is 2.15. The molecule has 0 aliphatic carbocycles. The van der Waals surface area contributed by atoms with E-state index in [2.05, 4.69) is 0 Å². The lowest BCUT2D eigenvalue weighted by atomic mass is 9.77. The van der Waals surface area contributed by atoms with Crippen molar-refractivity contribution in [3.05, 3.63) is 82.4 Å². The molecule has 0 saturated carbocycles. The summed E-state index contributed by atoms with van der Waals surface area (Å²) in [6.45, 7) is -0.267. The lowest BCUT2D eigenvalue weighted by molar-refractivity contribution is 0.0224. The van der Waals surface area contributed by atoms with Gasteiger partial charge in [-0.05, 0) is 42.3 Å². The Bertz CT molecular complexity index is 1080. The molecule has 6 nitrogen and oxygen atoms in total. The van der Waals surface area contributed by atoms with Gasteiger partial charge in [-0.15, -0.1) is 0 Å². The van der Waals surface area contributed by atoms with Crippen molar-refractivity contribution in [2.75, 3.05) is 6.61 Å². The van der Waals surface area contributed by atoms with Gasteiger partial charge in [-0.2, -0.15) is 0 Å². The second kappa shape index (κ2) is 5.74. The smallest absolute Gasteiger partial charge is 0.340 e. The first-order valence-electron chi connectivity index (χ1n) is 8.82. The van der Waals surface area contributed by atoms with Crippen molar-refractivity contribution >= 4 is 5.97 Å². The number of hydrogen-bond donors (Lipinski definition) is 2. The minimum atomic E-state index is -1.26. The third-order valence-electron chi connectivity index (χ3n) is 5.23. The number of phenols is 2. The molecule has 2 aliphatic rings. The van der Waals surface area contributed by atoms with Gasteiger partial charge in [-0.3, -0.25) is 0 Å². The van der Waals surface area contributed by atoms with Gasteiger partial charge < -0.3 is 19.7 Å². The van der Waals surface area contributed by atoms with Gasteiger partial charge in [0.25, 0.3) is 0 Å². The zero-order valence-corrected chi connectivity index (χ0v) is 14.6. The van der Waals surface area contributed by atoms with E-state index in [0.29, 0.717) is 40.2 Å². The van der Waals surface area contributed by atoms with Crippen LogP contribution in [0.5, 0.6) is 23.0 Å². The van der Waals surface area contributed by atoms with E-state index in [1.807, 2.05) is 6.07 Å². The standard InChI is InChI=1S/C22H15O6/c23-8-7-12-1-4-16-15(9-12)21(26)28-22(16)17-5-2-13(24)10-19(17)27-20-11-14(25)3-6-18(20)22/h1-6,9-11,24-25H,7-8H2. The average Bonchev–Trinajstić information content (AvgIpc) is 2.94. The Morgan fingerprint density at radius 2 is 1.43 bits per heavy atom. The van der Waals surface area contributed by atoms with E-state index in [-0.39, 0.29) is 18.1 Å². The molecule has 0 amide bonds. The summed E-state index contributed by atoms with van der Waals surface area (Å²) in [5.74, 6) is 0.188. The molecule has 0 bridgehead atoms. The monoisotopic (exact) mass is 375 g/mol. The van der Waals surface area contributed by atoms with Gasteiger partial charge in [0.15, 0.2) is 5.60 Å². The molecule has 139 valence electrons. The molecule has 0 fully saturated rings. The lowest BCUT2D eigenvalue weighted by Gasteiger charge is -2.36. The Kier molecular flexibility index (Phi) is 3.41. The molecule has 0 atom stereocenters. The quantitative estimate of drug-likeness (QED) is 0.667. The molecule has 5 rings (SSSR count). The molecule has 3 aromatic carbocycles. The van der Waals surface area contributed by atoms with Crippen LogP contribution < -0.4 is 4.74 Å². The fraction of sp³-hybridized carbons (Fsp3) is 0.136. The maximum Gasteiger partial charge on any atom is 0.340 e. The summed E-state index contributed by atoms with van der Waals surface area (Å²) in [7, 11) is 0. The van der Waals surface area contributed by atoms with Gasteiger partial charge in [-0.25, -0.2) is 9.90 Å². The number of phenolic OH excluding ortho intramolecular Hbond substituents is 2. The highest BCUT2D eigenvalue weighted by atomic mass is 16.6. The first-order chi connectivity index (χ1) is 13.5. The predicted molar refractivity (Wildman–Crippen MR) is 97.3 cm³/mol. The molecule has 1 spiro atoms. The highest BCUT2D eigenvalue weighted by molar-refractivity contribution is 5.97. The van der Waals surface area contributed by atoms with E-state index in [1.54, 1.807) is 24.3 Å². The summed E-state index contributed by atoms with van der Waals surface area (Å²) in [4.78, 5) is 12.8. The van der Waals surface area contributed by atoms with Gasteiger partial charge in [0.1, 0.15) is 23.0 Å². The van der Waals surface area contributed by atoms with Crippen LogP contribution >= 0.6 is 0 Å². The van der Waals surface area contributed by atoms with Gasteiger partial charge in [-0.1, -0.05) is 12.1 Å². The summed E-state index contributed by atoms with van der Waals surface area (Å²) >= 11 is 0. The Morgan fingerprint density at radius 3 is 2.04 bits per heavy atom. The molecular formula is C22H15O6. The molecule has 28 heavy (non-hydrogen) atoms. The van der Waals surface area contributed by atoms with E-state index in [9.17, 15) is 20.1 Å². The number of ether oxygens (including phenoxy) is 2. The van der Waals surface area contributed by atoms with E-state index >= 15 is 0 Å². The predicted octanol–water partition coefficient (Wildman–Crippen LogP) is 3.64. The van der Waals surface area contributed by atoms with Crippen LogP contribution in [0.25, 0.3) is 0 Å². The van der Waals surface area contributed by atoms with Crippen LogP contribution in [-0.4, -0.2) is 22.8 Å². The zero-order chi connectivity index (χ0) is 19.5. The molecule has 2 N–H and O–H groups in total. The minimum absolute atomic E-state index is 0.00726. The summed E-state index contributed by atoms with van der Waals surface area (Å²) in [6.07, 6.45) is 0.325. The molecule has 1 radical (unpaired) electrons. The fourth-order valence-corrected chi connectivity index (χ4v) is 4.03. The highest BCUT2D eigenvalue weighted by Crippen LogP contribution is 2.57. The molecule has 0 aromatic heterocycles. The fourth-order valence-electron chi connectivity index (χ4n) is 4.03. The number of fused-ring (bicyclic) bond motifs is 6. The van der Waals surface area contributed by atoms with E-state index in [0.717, 1.165) is 5.56 Å². The van der Waals surface area contributed by atoms with Crippen LogP contribution in [0, 0.1) is 0 Å². The highest BCUT2D eigenvalue weighted by Gasteiger charge is 2.53. The van der Waals surface area contributed by atoms with E-state index in [4.69, 9.17) is 9.47 Å². The topological polar surface area (TPSA) is 95.9 Å². The van der Waals surface area contributed by atoms with Crippen molar-refractivity contribution < 1.29 is 29.6 Å². The Hall–Kier alpha value is -3.51. The number of benzene rings is 3. The van der Waals surface area contributed by atoms with Crippen LogP contribution in [0.1, 0.15) is 32.6 Å². The second-order valence-corrected chi connectivity index (χ2v) is 6.87. The van der Waals surface area contributed by atoms with Crippen molar-refractivity contribution in [3.8, 4) is 23.0 Å². The molecule has 2 aliphatic heterocycles.